The van der Waals surface area contributed by atoms with Gasteiger partial charge in [-0.2, -0.15) is 0 Å². The van der Waals surface area contributed by atoms with Crippen molar-refractivity contribution >= 4 is 33.4 Å². The van der Waals surface area contributed by atoms with E-state index in [4.69, 9.17) is 4.74 Å². The Balaban J connectivity index is 1.23. The molecule has 9 nitrogen and oxygen atoms in total. The van der Waals surface area contributed by atoms with Gasteiger partial charge in [-0.1, -0.05) is 12.1 Å². The molecule has 2 saturated heterocycles. The summed E-state index contributed by atoms with van der Waals surface area (Å²) in [6.07, 6.45) is 0. The number of morpholine rings is 1. The van der Waals surface area contributed by atoms with Gasteiger partial charge in [-0.3, -0.25) is 19.3 Å². The van der Waals surface area contributed by atoms with Gasteiger partial charge in [0.1, 0.15) is 16.5 Å². The van der Waals surface area contributed by atoms with E-state index in [0.717, 1.165) is 11.1 Å². The number of hydrogen-bond acceptors (Lipinski definition) is 7. The van der Waals surface area contributed by atoms with Gasteiger partial charge in [0.2, 0.25) is 0 Å². The minimum atomic E-state index is -0.471. The first-order valence-electron chi connectivity index (χ1n) is 11.1. The van der Waals surface area contributed by atoms with Gasteiger partial charge in [0.05, 0.1) is 25.1 Å². The number of aromatic nitrogens is 2. The fourth-order valence-electron chi connectivity index (χ4n) is 4.27. The molecule has 11 heteroatoms. The summed E-state index contributed by atoms with van der Waals surface area (Å²) in [5.41, 5.74) is 1.27. The maximum atomic E-state index is 13.3. The summed E-state index contributed by atoms with van der Waals surface area (Å²) >= 11 is 1.38. The number of thiophene rings is 1. The molecule has 2 fully saturated rings. The Morgan fingerprint density at radius 2 is 1.65 bits per heavy atom. The number of benzene rings is 1. The van der Waals surface area contributed by atoms with E-state index < -0.39 is 11.8 Å². The van der Waals surface area contributed by atoms with E-state index in [1.165, 1.54) is 23.5 Å². The third-order valence-corrected chi connectivity index (χ3v) is 7.03. The number of amides is 2. The average Bonchev–Trinajstić information content (AvgIpc) is 3.29. The molecule has 2 aliphatic rings. The topological polar surface area (TPSA) is 98.8 Å². The minimum absolute atomic E-state index is 0.231. The highest BCUT2D eigenvalue weighted by Gasteiger charge is 2.30. The second kappa shape index (κ2) is 9.61. The predicted molar refractivity (Wildman–Crippen MR) is 125 cm³/mol. The SMILES string of the molecule is O=C(C(=O)N1CCN(Cc2nc3scc(-c4ccc(F)cc4)c3c(=O)[nH]2)CC1)N1CCOCC1. The Bertz CT molecular complexity index is 1260. The van der Waals surface area contributed by atoms with Gasteiger partial charge in [-0.15, -0.1) is 11.3 Å². The monoisotopic (exact) mass is 485 g/mol. The molecule has 2 aliphatic heterocycles. The zero-order chi connectivity index (χ0) is 23.7. The standard InChI is InChI=1S/C23H24FN5O4S/c24-16-3-1-15(2-4-16)17-14-34-21-19(17)20(30)25-18(26-21)13-27-5-7-28(8-6-27)22(31)23(32)29-9-11-33-12-10-29/h1-4,14H,5-13H2,(H,25,26,30). The van der Waals surface area contributed by atoms with Crippen LogP contribution in [0.15, 0.2) is 34.4 Å². The molecular weight excluding hydrogens is 461 g/mol. The molecule has 0 spiro atoms. The Morgan fingerprint density at radius 1 is 1.00 bits per heavy atom. The maximum Gasteiger partial charge on any atom is 0.312 e. The lowest BCUT2D eigenvalue weighted by atomic mass is 10.1. The fraction of sp³-hybridized carbons (Fsp3) is 0.391. The number of carbonyl (C=O) groups excluding carboxylic acids is 2. The second-order valence-electron chi connectivity index (χ2n) is 8.32. The highest BCUT2D eigenvalue weighted by Crippen LogP contribution is 2.30. The number of hydrogen-bond donors (Lipinski definition) is 1. The summed E-state index contributed by atoms with van der Waals surface area (Å²) in [5, 5.41) is 2.36. The van der Waals surface area contributed by atoms with Gasteiger partial charge in [0, 0.05) is 50.2 Å². The van der Waals surface area contributed by atoms with Crippen LogP contribution >= 0.6 is 11.3 Å². The largest absolute Gasteiger partial charge is 0.378 e. The normalized spacial score (nSPS) is 17.3. The van der Waals surface area contributed by atoms with E-state index in [0.29, 0.717) is 75.1 Å². The van der Waals surface area contributed by atoms with Gasteiger partial charge in [-0.05, 0) is 17.7 Å². The molecule has 1 N–H and O–H groups in total. The molecule has 0 saturated carbocycles. The van der Waals surface area contributed by atoms with Crippen LogP contribution < -0.4 is 5.56 Å². The number of rotatable bonds is 3. The van der Waals surface area contributed by atoms with Gasteiger partial charge < -0.3 is 19.5 Å². The number of ether oxygens (including phenoxy) is 1. The molecule has 5 rings (SSSR count). The molecule has 0 bridgehead atoms. The summed E-state index contributed by atoms with van der Waals surface area (Å²) in [7, 11) is 0. The smallest absolute Gasteiger partial charge is 0.312 e. The molecule has 1 aromatic carbocycles. The summed E-state index contributed by atoms with van der Waals surface area (Å²) in [6, 6.07) is 6.03. The number of aromatic amines is 1. The lowest BCUT2D eigenvalue weighted by Gasteiger charge is -2.35. The average molecular weight is 486 g/mol. The van der Waals surface area contributed by atoms with Crippen LogP contribution in [0.2, 0.25) is 0 Å². The second-order valence-corrected chi connectivity index (χ2v) is 9.18. The Hall–Kier alpha value is -3.15. The Labute approximate surface area is 198 Å². The van der Waals surface area contributed by atoms with Crippen molar-refractivity contribution in [1.82, 2.24) is 24.7 Å². The van der Waals surface area contributed by atoms with E-state index >= 15 is 0 Å². The maximum absolute atomic E-state index is 13.3. The van der Waals surface area contributed by atoms with Gasteiger partial charge in [0.25, 0.3) is 5.56 Å². The predicted octanol–water partition coefficient (Wildman–Crippen LogP) is 1.29. The van der Waals surface area contributed by atoms with Crippen LogP contribution in [0.1, 0.15) is 5.82 Å². The fourth-order valence-corrected chi connectivity index (χ4v) is 5.23. The lowest BCUT2D eigenvalue weighted by molar-refractivity contribution is -0.155. The molecular formula is C23H24FN5O4S. The van der Waals surface area contributed by atoms with Crippen LogP contribution in [0.25, 0.3) is 21.3 Å². The summed E-state index contributed by atoms with van der Waals surface area (Å²) in [4.78, 5) is 51.2. The Kier molecular flexibility index (Phi) is 6.40. The number of fused-ring (bicyclic) bond motifs is 1. The molecule has 2 aromatic heterocycles. The van der Waals surface area contributed by atoms with E-state index in [9.17, 15) is 18.8 Å². The molecule has 3 aromatic rings. The number of nitrogens with one attached hydrogen (secondary N) is 1. The number of carbonyl (C=O) groups is 2. The van der Waals surface area contributed by atoms with E-state index in [-0.39, 0.29) is 11.4 Å². The zero-order valence-electron chi connectivity index (χ0n) is 18.5. The summed E-state index contributed by atoms with van der Waals surface area (Å²) < 4.78 is 18.5. The molecule has 178 valence electrons. The lowest BCUT2D eigenvalue weighted by Crippen LogP contribution is -2.54. The van der Waals surface area contributed by atoms with Crippen molar-refractivity contribution in [3.05, 3.63) is 51.6 Å². The quantitative estimate of drug-likeness (QED) is 0.562. The molecule has 0 atom stereocenters. The van der Waals surface area contributed by atoms with Gasteiger partial charge in [0.15, 0.2) is 0 Å². The van der Waals surface area contributed by atoms with Crippen LogP contribution in [0.5, 0.6) is 0 Å². The highest BCUT2D eigenvalue weighted by molar-refractivity contribution is 7.17. The first kappa shape index (κ1) is 22.6. The number of halogens is 1. The minimum Gasteiger partial charge on any atom is -0.378 e. The zero-order valence-corrected chi connectivity index (χ0v) is 19.3. The van der Waals surface area contributed by atoms with Crippen LogP contribution in [0, 0.1) is 5.82 Å². The first-order chi connectivity index (χ1) is 16.5. The van der Waals surface area contributed by atoms with E-state index in [1.807, 2.05) is 5.38 Å². The van der Waals surface area contributed by atoms with Crippen molar-refractivity contribution in [2.24, 2.45) is 0 Å². The van der Waals surface area contributed by atoms with Crippen LogP contribution in [0.4, 0.5) is 4.39 Å². The Morgan fingerprint density at radius 3 is 2.32 bits per heavy atom. The van der Waals surface area contributed by atoms with Crippen molar-refractivity contribution in [2.75, 3.05) is 52.5 Å². The molecule has 4 heterocycles. The van der Waals surface area contributed by atoms with E-state index in [2.05, 4.69) is 14.9 Å². The molecule has 0 unspecified atom stereocenters. The van der Waals surface area contributed by atoms with Crippen molar-refractivity contribution in [1.29, 1.82) is 0 Å². The number of piperazine rings is 1. The summed E-state index contributed by atoms with van der Waals surface area (Å²) in [6.45, 7) is 4.27. The third-order valence-electron chi connectivity index (χ3n) is 6.16. The van der Waals surface area contributed by atoms with Crippen molar-refractivity contribution in [2.45, 2.75) is 6.54 Å². The van der Waals surface area contributed by atoms with Gasteiger partial charge >= 0.3 is 11.8 Å². The molecule has 0 radical (unpaired) electrons. The van der Waals surface area contributed by atoms with Crippen LogP contribution in [-0.4, -0.2) is 89.0 Å². The van der Waals surface area contributed by atoms with E-state index in [1.54, 1.807) is 21.9 Å². The van der Waals surface area contributed by atoms with Gasteiger partial charge in [-0.25, -0.2) is 9.37 Å². The molecule has 34 heavy (non-hydrogen) atoms. The first-order valence-corrected chi connectivity index (χ1v) is 12.0. The summed E-state index contributed by atoms with van der Waals surface area (Å²) in [5.74, 6) is -0.719. The number of nitrogens with zero attached hydrogens (tertiary/aromatic N) is 4. The van der Waals surface area contributed by atoms with Crippen molar-refractivity contribution in [3.63, 3.8) is 0 Å². The van der Waals surface area contributed by atoms with Crippen LogP contribution in [-0.2, 0) is 20.9 Å². The third kappa shape index (κ3) is 4.59. The molecule has 2 amide bonds. The van der Waals surface area contributed by atoms with Crippen molar-refractivity contribution in [3.8, 4) is 11.1 Å². The molecule has 0 aliphatic carbocycles. The van der Waals surface area contributed by atoms with Crippen LogP contribution in [0.3, 0.4) is 0 Å². The highest BCUT2D eigenvalue weighted by atomic mass is 32.1. The number of H-pyrrole nitrogens is 1. The van der Waals surface area contributed by atoms with Crippen molar-refractivity contribution < 1.29 is 18.7 Å².